The molecule has 2 aromatic carbocycles. The fourth-order valence-electron chi connectivity index (χ4n) is 4.84. The summed E-state index contributed by atoms with van der Waals surface area (Å²) >= 11 is 0. The van der Waals surface area contributed by atoms with Crippen LogP contribution in [0.3, 0.4) is 0 Å². The Morgan fingerprint density at radius 1 is 1.00 bits per heavy atom. The number of carbonyl (C=O) groups excluding carboxylic acids is 1. The van der Waals surface area contributed by atoms with Gasteiger partial charge in [-0.3, -0.25) is 10.1 Å². The molecule has 0 atom stereocenters. The van der Waals surface area contributed by atoms with Crippen molar-refractivity contribution in [2.45, 2.75) is 56.3 Å². The molecule has 0 spiro atoms. The van der Waals surface area contributed by atoms with Crippen LogP contribution in [0.25, 0.3) is 0 Å². The van der Waals surface area contributed by atoms with Gasteiger partial charge in [-0.2, -0.15) is 0 Å². The van der Waals surface area contributed by atoms with Crippen LogP contribution in [0.15, 0.2) is 47.5 Å². The molecule has 0 radical (unpaired) electrons. The minimum absolute atomic E-state index is 0.120. The quantitative estimate of drug-likeness (QED) is 0.350. The third kappa shape index (κ3) is 6.71. The number of aromatic nitrogens is 2. The smallest absolute Gasteiger partial charge is 0.242 e. The number of benzene rings is 2. The molecule has 1 aliphatic carbocycles. The molecule has 0 bridgehead atoms. The summed E-state index contributed by atoms with van der Waals surface area (Å²) < 4.78 is 37.3. The van der Waals surface area contributed by atoms with E-state index in [2.05, 4.69) is 15.6 Å². The van der Waals surface area contributed by atoms with Crippen molar-refractivity contribution in [3.8, 4) is 11.5 Å². The highest BCUT2D eigenvalue weighted by Gasteiger charge is 2.23. The molecule has 11 heteroatoms. The average Bonchev–Trinajstić information content (AvgIpc) is 2.95. The van der Waals surface area contributed by atoms with Gasteiger partial charge in [0.2, 0.25) is 21.9 Å². The third-order valence-corrected chi connectivity index (χ3v) is 8.94. The molecule has 3 aromatic rings. The molecule has 1 aliphatic rings. The van der Waals surface area contributed by atoms with Crippen molar-refractivity contribution < 1.29 is 22.7 Å². The fourth-order valence-corrected chi connectivity index (χ4v) is 5.76. The Morgan fingerprint density at radius 2 is 1.73 bits per heavy atom. The summed E-state index contributed by atoms with van der Waals surface area (Å²) in [5.74, 6) is 1.33. The van der Waals surface area contributed by atoms with Gasteiger partial charge in [0.25, 0.3) is 0 Å². The van der Waals surface area contributed by atoms with Gasteiger partial charge < -0.3 is 14.8 Å². The van der Waals surface area contributed by atoms with Crippen molar-refractivity contribution in [2.24, 2.45) is 0 Å². The Labute approximate surface area is 236 Å². The number of carbonyl (C=O) groups is 1. The number of ether oxygens (including phenoxy) is 2. The topological polar surface area (TPSA) is 123 Å². The van der Waals surface area contributed by atoms with Crippen LogP contribution >= 0.6 is 0 Å². The van der Waals surface area contributed by atoms with Gasteiger partial charge in [-0.25, -0.2) is 22.7 Å². The number of rotatable bonds is 10. The van der Waals surface area contributed by atoms with Gasteiger partial charge in [-0.1, -0.05) is 31.4 Å². The number of aryl methyl sites for hydroxylation is 1. The largest absolute Gasteiger partial charge is 0.493 e. The molecule has 40 heavy (non-hydrogen) atoms. The lowest BCUT2D eigenvalue weighted by Crippen LogP contribution is -2.22. The molecule has 10 nitrogen and oxygen atoms in total. The number of sulfonamides is 1. The van der Waals surface area contributed by atoms with Crippen molar-refractivity contribution in [3.63, 3.8) is 0 Å². The Bertz CT molecular complexity index is 1470. The SMILES string of the molecule is COc1ccc(CC(=O)Nc2ncc(Nc3cc(S(=O)(=O)N(C)C)ccc3C)c(C3CCCCC3)n2)cc1OC. The van der Waals surface area contributed by atoms with Crippen LogP contribution in [0, 0.1) is 6.92 Å². The van der Waals surface area contributed by atoms with Gasteiger partial charge >= 0.3 is 0 Å². The highest BCUT2D eigenvalue weighted by molar-refractivity contribution is 7.89. The molecule has 1 saturated carbocycles. The van der Waals surface area contributed by atoms with Crippen LogP contribution in [0.1, 0.15) is 54.8 Å². The Hall–Kier alpha value is -3.70. The summed E-state index contributed by atoms with van der Waals surface area (Å²) in [6.07, 6.45) is 7.14. The monoisotopic (exact) mass is 567 g/mol. The van der Waals surface area contributed by atoms with Gasteiger partial charge in [0.05, 0.1) is 43.1 Å². The molecule has 2 N–H and O–H groups in total. The van der Waals surface area contributed by atoms with Crippen LogP contribution in [0.4, 0.5) is 17.3 Å². The zero-order valence-corrected chi connectivity index (χ0v) is 24.5. The van der Waals surface area contributed by atoms with Crippen LogP contribution < -0.4 is 20.1 Å². The van der Waals surface area contributed by atoms with E-state index in [1.807, 2.05) is 13.0 Å². The van der Waals surface area contributed by atoms with Crippen LogP contribution in [0.5, 0.6) is 11.5 Å². The first-order valence-electron chi connectivity index (χ1n) is 13.3. The van der Waals surface area contributed by atoms with Crippen molar-refractivity contribution in [3.05, 3.63) is 59.4 Å². The maximum atomic E-state index is 12.9. The molecule has 1 fully saturated rings. The van der Waals surface area contributed by atoms with Crippen molar-refractivity contribution in [2.75, 3.05) is 38.9 Å². The molecule has 1 heterocycles. The number of methoxy groups -OCH3 is 2. The standard InChI is InChI=1S/C29H37N5O5S/c1-19-11-13-22(40(36,37)34(2)3)17-23(19)31-24-18-30-29(33-28(24)21-9-7-6-8-10-21)32-27(35)16-20-12-14-25(38-4)26(15-20)39-5/h11-15,17-18,21,31H,6-10,16H2,1-5H3,(H,30,32,33,35). The van der Waals surface area contributed by atoms with Crippen molar-refractivity contribution >= 4 is 33.3 Å². The van der Waals surface area contributed by atoms with E-state index in [9.17, 15) is 13.2 Å². The highest BCUT2D eigenvalue weighted by atomic mass is 32.2. The minimum atomic E-state index is -3.59. The maximum Gasteiger partial charge on any atom is 0.242 e. The zero-order chi connectivity index (χ0) is 28.9. The summed E-state index contributed by atoms with van der Waals surface area (Å²) in [6, 6.07) is 10.4. The number of nitrogens with zero attached hydrogens (tertiary/aromatic N) is 3. The van der Waals surface area contributed by atoms with Gasteiger partial charge in [0.15, 0.2) is 11.5 Å². The van der Waals surface area contributed by atoms with E-state index in [1.54, 1.807) is 50.7 Å². The first kappa shape index (κ1) is 29.3. The Morgan fingerprint density at radius 3 is 2.40 bits per heavy atom. The molecule has 214 valence electrons. The van der Waals surface area contributed by atoms with E-state index in [0.29, 0.717) is 22.9 Å². The van der Waals surface area contributed by atoms with E-state index in [4.69, 9.17) is 14.5 Å². The number of nitrogens with one attached hydrogen (secondary N) is 2. The summed E-state index contributed by atoms with van der Waals surface area (Å²) in [5, 5.41) is 6.22. The lowest BCUT2D eigenvalue weighted by atomic mass is 9.86. The first-order valence-corrected chi connectivity index (χ1v) is 14.7. The molecule has 0 aliphatic heterocycles. The van der Waals surface area contributed by atoms with Gasteiger partial charge in [-0.05, 0) is 55.2 Å². The fraction of sp³-hybridized carbons (Fsp3) is 0.414. The second-order valence-corrected chi connectivity index (χ2v) is 12.3. The van der Waals surface area contributed by atoms with E-state index in [-0.39, 0.29) is 29.1 Å². The first-order chi connectivity index (χ1) is 19.1. The number of anilines is 3. The third-order valence-electron chi connectivity index (χ3n) is 7.13. The summed E-state index contributed by atoms with van der Waals surface area (Å²) in [5.41, 5.74) is 3.83. The van der Waals surface area contributed by atoms with Crippen molar-refractivity contribution in [1.29, 1.82) is 0 Å². The molecule has 4 rings (SSSR count). The molecular weight excluding hydrogens is 530 g/mol. The van der Waals surface area contributed by atoms with Gasteiger partial charge in [0.1, 0.15) is 0 Å². The van der Waals surface area contributed by atoms with Crippen LogP contribution in [0.2, 0.25) is 0 Å². The second-order valence-electron chi connectivity index (χ2n) is 10.1. The van der Waals surface area contributed by atoms with Crippen molar-refractivity contribution in [1.82, 2.24) is 14.3 Å². The number of hydrogen-bond donors (Lipinski definition) is 2. The average molecular weight is 568 g/mol. The van der Waals surface area contributed by atoms with E-state index in [1.165, 1.54) is 24.8 Å². The number of hydrogen-bond acceptors (Lipinski definition) is 8. The molecule has 1 aromatic heterocycles. The predicted octanol–water partition coefficient (Wildman–Crippen LogP) is 5.03. The number of amides is 1. The van der Waals surface area contributed by atoms with Crippen LogP contribution in [-0.4, -0.2) is 56.9 Å². The van der Waals surface area contributed by atoms with E-state index >= 15 is 0 Å². The Balaban J connectivity index is 1.60. The highest BCUT2D eigenvalue weighted by Crippen LogP contribution is 2.37. The summed E-state index contributed by atoms with van der Waals surface area (Å²) in [6.45, 7) is 1.91. The Kier molecular flexibility index (Phi) is 9.26. The normalized spacial score (nSPS) is 14.2. The van der Waals surface area contributed by atoms with E-state index < -0.39 is 10.0 Å². The summed E-state index contributed by atoms with van der Waals surface area (Å²) in [7, 11) is 2.54. The summed E-state index contributed by atoms with van der Waals surface area (Å²) in [4.78, 5) is 22.3. The zero-order valence-electron chi connectivity index (χ0n) is 23.7. The maximum absolute atomic E-state index is 12.9. The lowest BCUT2D eigenvalue weighted by Gasteiger charge is -2.24. The van der Waals surface area contributed by atoms with Gasteiger partial charge in [-0.15, -0.1) is 0 Å². The second kappa shape index (κ2) is 12.6. The predicted molar refractivity (Wildman–Crippen MR) is 155 cm³/mol. The minimum Gasteiger partial charge on any atom is -0.493 e. The molecule has 1 amide bonds. The van der Waals surface area contributed by atoms with Gasteiger partial charge in [0, 0.05) is 25.7 Å². The molecular formula is C29H37N5O5S. The van der Waals surface area contributed by atoms with E-state index in [0.717, 1.165) is 42.5 Å². The molecule has 0 saturated heterocycles. The lowest BCUT2D eigenvalue weighted by molar-refractivity contribution is -0.115. The molecule has 0 unspecified atom stereocenters. The van der Waals surface area contributed by atoms with Crippen LogP contribution in [-0.2, 0) is 21.2 Å².